The van der Waals surface area contributed by atoms with Gasteiger partial charge in [-0.15, -0.1) is 0 Å². The van der Waals surface area contributed by atoms with Crippen LogP contribution in [0.4, 0.5) is 0 Å². The number of carbonyl (C=O) groups is 2. The van der Waals surface area contributed by atoms with Crippen molar-refractivity contribution in [3.8, 4) is 11.5 Å². The first-order chi connectivity index (χ1) is 12.6. The lowest BCUT2D eigenvalue weighted by molar-refractivity contribution is -0.142. The molecule has 2 fully saturated rings. The minimum atomic E-state index is -0.739. The number of hydrogen-bond donors (Lipinski definition) is 2. The molecular weight excluding hydrogens is 334 g/mol. The fourth-order valence-corrected chi connectivity index (χ4v) is 3.85. The molecule has 0 aromatic heterocycles. The van der Waals surface area contributed by atoms with Gasteiger partial charge in [-0.3, -0.25) is 9.59 Å². The van der Waals surface area contributed by atoms with E-state index in [1.54, 1.807) is 25.3 Å². The largest absolute Gasteiger partial charge is 0.493 e. The Morgan fingerprint density at radius 3 is 2.35 bits per heavy atom. The zero-order valence-electron chi connectivity index (χ0n) is 15.2. The van der Waals surface area contributed by atoms with Gasteiger partial charge in [-0.05, 0) is 69.6 Å². The molecule has 3 rings (SSSR count). The Morgan fingerprint density at radius 2 is 1.73 bits per heavy atom. The normalized spacial score (nSPS) is 23.4. The number of carbonyl (C=O) groups excluding carboxylic acids is 1. The molecule has 2 aliphatic rings. The van der Waals surface area contributed by atoms with Crippen LogP contribution < -0.4 is 14.8 Å². The maximum atomic E-state index is 12.5. The predicted molar refractivity (Wildman–Crippen MR) is 96.7 cm³/mol. The molecule has 2 aliphatic carbocycles. The van der Waals surface area contributed by atoms with Crippen LogP contribution in [0, 0.1) is 5.92 Å². The third kappa shape index (κ3) is 4.48. The van der Waals surface area contributed by atoms with Gasteiger partial charge in [0.1, 0.15) is 0 Å². The highest BCUT2D eigenvalue weighted by Crippen LogP contribution is 2.32. The van der Waals surface area contributed by atoms with Gasteiger partial charge in [0.05, 0.1) is 19.1 Å². The van der Waals surface area contributed by atoms with E-state index in [4.69, 9.17) is 14.6 Å². The number of amides is 1. The van der Waals surface area contributed by atoms with Gasteiger partial charge < -0.3 is 19.9 Å². The number of hydrogen-bond acceptors (Lipinski definition) is 4. The number of nitrogens with one attached hydrogen (secondary N) is 1. The number of methoxy groups -OCH3 is 1. The molecule has 0 radical (unpaired) electrons. The highest BCUT2D eigenvalue weighted by molar-refractivity contribution is 5.95. The zero-order valence-corrected chi connectivity index (χ0v) is 15.2. The number of rotatable bonds is 6. The molecular formula is C20H27NO5. The fourth-order valence-electron chi connectivity index (χ4n) is 3.85. The van der Waals surface area contributed by atoms with Crippen molar-refractivity contribution < 1.29 is 24.2 Å². The van der Waals surface area contributed by atoms with E-state index in [9.17, 15) is 9.59 Å². The fraction of sp³-hybridized carbons (Fsp3) is 0.600. The van der Waals surface area contributed by atoms with Gasteiger partial charge in [-0.2, -0.15) is 0 Å². The average molecular weight is 361 g/mol. The van der Waals surface area contributed by atoms with E-state index in [1.807, 2.05) is 0 Å². The molecule has 0 saturated heterocycles. The van der Waals surface area contributed by atoms with Gasteiger partial charge in [-0.25, -0.2) is 0 Å². The summed E-state index contributed by atoms with van der Waals surface area (Å²) in [4.78, 5) is 23.5. The third-order valence-electron chi connectivity index (χ3n) is 5.43. The molecule has 0 heterocycles. The molecule has 0 bridgehead atoms. The van der Waals surface area contributed by atoms with Gasteiger partial charge in [0.25, 0.3) is 5.91 Å². The lowest BCUT2D eigenvalue weighted by Gasteiger charge is -2.27. The summed E-state index contributed by atoms with van der Waals surface area (Å²) in [6.45, 7) is 0. The molecule has 6 heteroatoms. The van der Waals surface area contributed by atoms with Crippen LogP contribution in [0.1, 0.15) is 61.7 Å². The van der Waals surface area contributed by atoms with Gasteiger partial charge in [0, 0.05) is 11.6 Å². The molecule has 1 amide bonds. The van der Waals surface area contributed by atoms with Gasteiger partial charge in [0.15, 0.2) is 11.5 Å². The first-order valence-electron chi connectivity index (χ1n) is 9.45. The highest BCUT2D eigenvalue weighted by Gasteiger charge is 2.27. The van der Waals surface area contributed by atoms with Crippen molar-refractivity contribution in [2.45, 2.75) is 63.5 Å². The van der Waals surface area contributed by atoms with Crippen LogP contribution in [-0.4, -0.2) is 36.2 Å². The molecule has 1 aromatic rings. The summed E-state index contributed by atoms with van der Waals surface area (Å²) in [7, 11) is 1.58. The van der Waals surface area contributed by atoms with Crippen molar-refractivity contribution in [3.05, 3.63) is 23.8 Å². The molecule has 0 atom stereocenters. The predicted octanol–water partition coefficient (Wildman–Crippen LogP) is 3.39. The lowest BCUT2D eigenvalue weighted by Crippen LogP contribution is -2.38. The van der Waals surface area contributed by atoms with Gasteiger partial charge in [0.2, 0.25) is 0 Å². The average Bonchev–Trinajstić information content (AvgIpc) is 3.15. The van der Waals surface area contributed by atoms with Crippen molar-refractivity contribution >= 4 is 11.9 Å². The minimum absolute atomic E-state index is 0.0264. The molecule has 0 aliphatic heterocycles. The Labute approximate surface area is 153 Å². The quantitative estimate of drug-likeness (QED) is 0.811. The van der Waals surface area contributed by atoms with Crippen LogP contribution in [0.5, 0.6) is 11.5 Å². The van der Waals surface area contributed by atoms with E-state index in [1.165, 1.54) is 12.8 Å². The van der Waals surface area contributed by atoms with Crippen LogP contribution in [0.25, 0.3) is 0 Å². The molecule has 6 nitrogen and oxygen atoms in total. The minimum Gasteiger partial charge on any atom is -0.493 e. The van der Waals surface area contributed by atoms with Crippen LogP contribution in [0.15, 0.2) is 18.2 Å². The van der Waals surface area contributed by atoms with E-state index in [0.717, 1.165) is 12.8 Å². The van der Waals surface area contributed by atoms with Crippen molar-refractivity contribution in [3.63, 3.8) is 0 Å². The lowest BCUT2D eigenvalue weighted by atomic mass is 9.86. The maximum Gasteiger partial charge on any atom is 0.306 e. The first kappa shape index (κ1) is 18.5. The second kappa shape index (κ2) is 8.43. The number of carboxylic acids is 1. The van der Waals surface area contributed by atoms with Crippen LogP contribution in [-0.2, 0) is 4.79 Å². The Kier molecular flexibility index (Phi) is 6.01. The number of carboxylic acid groups (broad SMARTS) is 1. The summed E-state index contributed by atoms with van der Waals surface area (Å²) in [5, 5.41) is 12.1. The van der Waals surface area contributed by atoms with Crippen molar-refractivity contribution in [2.24, 2.45) is 5.92 Å². The zero-order chi connectivity index (χ0) is 18.5. The Hall–Kier alpha value is -2.24. The molecule has 1 aromatic carbocycles. The maximum absolute atomic E-state index is 12.5. The third-order valence-corrected chi connectivity index (χ3v) is 5.43. The topological polar surface area (TPSA) is 84.9 Å². The summed E-state index contributed by atoms with van der Waals surface area (Å²) in [5.41, 5.74) is 0.529. The van der Waals surface area contributed by atoms with Crippen molar-refractivity contribution in [1.29, 1.82) is 0 Å². The molecule has 0 spiro atoms. The van der Waals surface area contributed by atoms with Crippen LogP contribution in [0.2, 0.25) is 0 Å². The van der Waals surface area contributed by atoms with Crippen molar-refractivity contribution in [1.82, 2.24) is 5.32 Å². The number of ether oxygens (including phenoxy) is 2. The monoisotopic (exact) mass is 361 g/mol. The molecule has 2 N–H and O–H groups in total. The molecule has 142 valence electrons. The number of benzene rings is 1. The second-order valence-electron chi connectivity index (χ2n) is 7.25. The highest BCUT2D eigenvalue weighted by atomic mass is 16.5. The standard InChI is InChI=1S/C20H27NO5/c1-25-18-12-14(8-11-17(18)26-16-4-2-3-5-16)19(22)21-15-9-6-13(7-10-15)20(23)24/h8,11-13,15-16H,2-7,9-10H2,1H3,(H,21,22)(H,23,24). The smallest absolute Gasteiger partial charge is 0.306 e. The van der Waals surface area contributed by atoms with Gasteiger partial charge >= 0.3 is 5.97 Å². The van der Waals surface area contributed by atoms with Crippen molar-refractivity contribution in [2.75, 3.05) is 7.11 Å². The summed E-state index contributed by atoms with van der Waals surface area (Å²) >= 11 is 0. The van der Waals surface area contributed by atoms with E-state index < -0.39 is 5.97 Å². The number of aliphatic carboxylic acids is 1. The Morgan fingerprint density at radius 1 is 1.04 bits per heavy atom. The SMILES string of the molecule is COc1cc(C(=O)NC2CCC(C(=O)O)CC2)ccc1OC1CCCC1. The van der Waals surface area contributed by atoms with E-state index >= 15 is 0 Å². The second-order valence-corrected chi connectivity index (χ2v) is 7.25. The molecule has 2 saturated carbocycles. The van der Waals surface area contributed by atoms with E-state index in [-0.39, 0.29) is 24.0 Å². The van der Waals surface area contributed by atoms with Crippen LogP contribution in [0.3, 0.4) is 0 Å². The molecule has 26 heavy (non-hydrogen) atoms. The Bertz CT molecular complexity index is 646. The van der Waals surface area contributed by atoms with Gasteiger partial charge in [-0.1, -0.05) is 0 Å². The van der Waals surface area contributed by atoms with E-state index in [2.05, 4.69) is 5.32 Å². The summed E-state index contributed by atoms with van der Waals surface area (Å²) in [5.74, 6) is 0.0687. The summed E-state index contributed by atoms with van der Waals surface area (Å²) < 4.78 is 11.4. The first-order valence-corrected chi connectivity index (χ1v) is 9.45. The summed E-state index contributed by atoms with van der Waals surface area (Å²) in [6, 6.07) is 5.29. The van der Waals surface area contributed by atoms with Crippen LogP contribution >= 0.6 is 0 Å². The van der Waals surface area contributed by atoms with E-state index in [0.29, 0.717) is 42.7 Å². The molecule has 0 unspecified atom stereocenters. The Balaban J connectivity index is 1.59. The summed E-state index contributed by atoms with van der Waals surface area (Å²) in [6.07, 6.45) is 7.35.